The molecule has 5 rings (SSSR count). The molecule has 0 radical (unpaired) electrons. The van der Waals surface area contributed by atoms with Crippen LogP contribution >= 0.6 is 0 Å². The Balaban J connectivity index is 1.12. The van der Waals surface area contributed by atoms with E-state index in [1.54, 1.807) is 0 Å². The van der Waals surface area contributed by atoms with Gasteiger partial charge < -0.3 is 25.2 Å². The molecule has 8 nitrogen and oxygen atoms in total. The summed E-state index contributed by atoms with van der Waals surface area (Å²) in [5.74, 6) is -1.52. The van der Waals surface area contributed by atoms with Gasteiger partial charge in [-0.3, -0.25) is 4.79 Å². The van der Waals surface area contributed by atoms with Gasteiger partial charge in [0.05, 0.1) is 6.04 Å². The highest BCUT2D eigenvalue weighted by molar-refractivity contribution is 5.82. The third kappa shape index (κ3) is 4.37. The molecule has 2 aliphatic carbocycles. The molecule has 34 heavy (non-hydrogen) atoms. The quantitative estimate of drug-likeness (QED) is 0.606. The average Bonchev–Trinajstić information content (AvgIpc) is 3.56. The van der Waals surface area contributed by atoms with Crippen molar-refractivity contribution in [3.8, 4) is 11.1 Å². The van der Waals surface area contributed by atoms with Crippen LogP contribution in [-0.2, 0) is 19.1 Å². The van der Waals surface area contributed by atoms with Gasteiger partial charge in [-0.25, -0.2) is 9.59 Å². The van der Waals surface area contributed by atoms with Gasteiger partial charge in [0.25, 0.3) is 0 Å². The summed E-state index contributed by atoms with van der Waals surface area (Å²) < 4.78 is 10.8. The lowest BCUT2D eigenvalue weighted by Crippen LogP contribution is -2.46. The molecule has 1 heterocycles. The van der Waals surface area contributed by atoms with Crippen molar-refractivity contribution in [2.75, 3.05) is 13.2 Å². The van der Waals surface area contributed by atoms with E-state index in [9.17, 15) is 19.5 Å². The van der Waals surface area contributed by atoms with E-state index in [0.717, 1.165) is 11.1 Å². The fraction of sp³-hybridized carbons (Fsp3) is 0.423. The van der Waals surface area contributed by atoms with Crippen LogP contribution in [0.3, 0.4) is 0 Å². The predicted octanol–water partition coefficient (Wildman–Crippen LogP) is 3.05. The molecule has 178 valence electrons. The number of nitrogens with one attached hydrogen (secondary N) is 2. The van der Waals surface area contributed by atoms with Gasteiger partial charge in [0.2, 0.25) is 5.91 Å². The maximum Gasteiger partial charge on any atom is 0.407 e. The number of hydrogen-bond acceptors (Lipinski definition) is 5. The van der Waals surface area contributed by atoms with Crippen molar-refractivity contribution in [3.05, 3.63) is 59.7 Å². The third-order valence-electron chi connectivity index (χ3n) is 7.13. The summed E-state index contributed by atoms with van der Waals surface area (Å²) in [5.41, 5.74) is 4.67. The summed E-state index contributed by atoms with van der Waals surface area (Å²) in [7, 11) is 0. The number of aliphatic carboxylic acids is 1. The maximum atomic E-state index is 12.6. The van der Waals surface area contributed by atoms with Crippen LogP contribution in [-0.4, -0.2) is 54.5 Å². The van der Waals surface area contributed by atoms with Gasteiger partial charge in [-0.15, -0.1) is 0 Å². The molecule has 0 aromatic heterocycles. The highest BCUT2D eigenvalue weighted by Crippen LogP contribution is 2.44. The van der Waals surface area contributed by atoms with Gasteiger partial charge in [-0.2, -0.15) is 0 Å². The molecule has 2 aromatic carbocycles. The Morgan fingerprint density at radius 2 is 1.62 bits per heavy atom. The number of fused-ring (bicyclic) bond motifs is 3. The molecule has 8 heteroatoms. The summed E-state index contributed by atoms with van der Waals surface area (Å²) in [5, 5.41) is 14.9. The van der Waals surface area contributed by atoms with Crippen molar-refractivity contribution >= 4 is 18.0 Å². The Hall–Kier alpha value is -3.39. The SMILES string of the molecule is O=C(NC1CCC(C(=O)N[C@H]2CCO[C@H]2C(=O)O)C1)OCC1c2ccccc2-c2ccccc21. The fourth-order valence-electron chi connectivity index (χ4n) is 5.44. The van der Waals surface area contributed by atoms with Crippen LogP contribution in [0.5, 0.6) is 0 Å². The number of amides is 2. The number of benzene rings is 2. The summed E-state index contributed by atoms with van der Waals surface area (Å²) in [6.07, 6.45) is 0.804. The second-order valence-corrected chi connectivity index (χ2v) is 9.21. The van der Waals surface area contributed by atoms with E-state index in [-0.39, 0.29) is 30.4 Å². The molecule has 1 aliphatic heterocycles. The first-order valence-electron chi connectivity index (χ1n) is 11.8. The van der Waals surface area contributed by atoms with Crippen LogP contribution < -0.4 is 10.6 Å². The molecule has 2 fully saturated rings. The average molecular weight is 465 g/mol. The zero-order valence-corrected chi connectivity index (χ0v) is 18.7. The minimum absolute atomic E-state index is 0.00364. The molecule has 2 amide bonds. The van der Waals surface area contributed by atoms with Gasteiger partial charge >= 0.3 is 12.1 Å². The van der Waals surface area contributed by atoms with Gasteiger partial charge in [0.1, 0.15) is 6.61 Å². The summed E-state index contributed by atoms with van der Waals surface area (Å²) in [6, 6.07) is 15.7. The Kier molecular flexibility index (Phi) is 6.24. The molecular formula is C26H28N2O6. The highest BCUT2D eigenvalue weighted by atomic mass is 16.5. The van der Waals surface area contributed by atoms with Crippen molar-refractivity contribution < 1.29 is 29.0 Å². The van der Waals surface area contributed by atoms with Gasteiger partial charge in [0.15, 0.2) is 6.10 Å². The third-order valence-corrected chi connectivity index (χ3v) is 7.13. The predicted molar refractivity (Wildman–Crippen MR) is 123 cm³/mol. The van der Waals surface area contributed by atoms with Crippen molar-refractivity contribution in [1.82, 2.24) is 10.6 Å². The second kappa shape index (κ2) is 9.46. The van der Waals surface area contributed by atoms with Crippen molar-refractivity contribution in [2.45, 2.75) is 49.8 Å². The van der Waals surface area contributed by atoms with E-state index in [1.165, 1.54) is 11.1 Å². The summed E-state index contributed by atoms with van der Waals surface area (Å²) in [4.78, 5) is 36.4. The number of carboxylic acids is 1. The minimum atomic E-state index is -1.07. The standard InChI is InChI=1S/C26H28N2O6/c29-24(28-22-11-12-33-23(22)25(30)31)15-9-10-16(13-15)27-26(32)34-14-21-19-7-3-1-5-17(19)18-6-2-4-8-20(18)21/h1-8,15-16,21-23H,9-14H2,(H,27,32)(H,28,29)(H,30,31)/t15?,16?,22-,23+/m0/s1. The monoisotopic (exact) mass is 464 g/mol. The second-order valence-electron chi connectivity index (χ2n) is 9.21. The number of carboxylic acid groups (broad SMARTS) is 1. The van der Waals surface area contributed by atoms with Crippen LogP contribution in [0.4, 0.5) is 4.79 Å². The number of alkyl carbamates (subject to hydrolysis) is 1. The van der Waals surface area contributed by atoms with Crippen LogP contribution in [0.25, 0.3) is 11.1 Å². The van der Waals surface area contributed by atoms with Crippen LogP contribution in [0.1, 0.15) is 42.7 Å². The molecule has 1 saturated carbocycles. The Labute approximate surface area is 197 Å². The Morgan fingerprint density at radius 3 is 2.29 bits per heavy atom. The van der Waals surface area contributed by atoms with E-state index in [0.29, 0.717) is 32.3 Å². The lowest BCUT2D eigenvalue weighted by atomic mass is 9.98. The smallest absolute Gasteiger partial charge is 0.407 e. The first-order valence-corrected chi connectivity index (χ1v) is 11.8. The fourth-order valence-corrected chi connectivity index (χ4v) is 5.44. The Morgan fingerprint density at radius 1 is 0.941 bits per heavy atom. The largest absolute Gasteiger partial charge is 0.479 e. The topological polar surface area (TPSA) is 114 Å². The summed E-state index contributed by atoms with van der Waals surface area (Å²) >= 11 is 0. The van der Waals surface area contributed by atoms with Crippen LogP contribution in [0, 0.1) is 5.92 Å². The number of hydrogen-bond donors (Lipinski definition) is 3. The molecule has 0 bridgehead atoms. The first-order chi connectivity index (χ1) is 16.5. The van der Waals surface area contributed by atoms with Crippen LogP contribution in [0.2, 0.25) is 0 Å². The molecule has 0 spiro atoms. The number of carbonyl (C=O) groups excluding carboxylic acids is 2. The van der Waals surface area contributed by atoms with Crippen molar-refractivity contribution in [1.29, 1.82) is 0 Å². The van der Waals surface area contributed by atoms with Gasteiger partial charge in [0, 0.05) is 24.5 Å². The molecule has 1 saturated heterocycles. The Bertz CT molecular complexity index is 1060. The highest BCUT2D eigenvalue weighted by Gasteiger charge is 2.38. The van der Waals surface area contributed by atoms with Gasteiger partial charge in [-0.05, 0) is 47.9 Å². The van der Waals surface area contributed by atoms with E-state index < -0.39 is 24.2 Å². The molecule has 2 unspecified atom stereocenters. The number of rotatable bonds is 6. The van der Waals surface area contributed by atoms with Crippen molar-refractivity contribution in [3.63, 3.8) is 0 Å². The normalized spacial score (nSPS) is 25.4. The molecule has 3 aliphatic rings. The van der Waals surface area contributed by atoms with Crippen LogP contribution in [0.15, 0.2) is 48.5 Å². The van der Waals surface area contributed by atoms with E-state index in [1.807, 2.05) is 24.3 Å². The molecule has 4 atom stereocenters. The summed E-state index contributed by atoms with van der Waals surface area (Å²) in [6.45, 7) is 0.563. The van der Waals surface area contributed by atoms with E-state index in [4.69, 9.17) is 9.47 Å². The number of carbonyl (C=O) groups is 3. The van der Waals surface area contributed by atoms with Crippen molar-refractivity contribution in [2.24, 2.45) is 5.92 Å². The van der Waals surface area contributed by atoms with E-state index in [2.05, 4.69) is 34.9 Å². The maximum absolute atomic E-state index is 12.6. The lowest BCUT2D eigenvalue weighted by molar-refractivity contribution is -0.148. The van der Waals surface area contributed by atoms with E-state index >= 15 is 0 Å². The molecule has 2 aromatic rings. The number of ether oxygens (including phenoxy) is 2. The molecule has 3 N–H and O–H groups in total. The minimum Gasteiger partial charge on any atom is -0.479 e. The first kappa shape index (κ1) is 22.4. The van der Waals surface area contributed by atoms with Gasteiger partial charge in [-0.1, -0.05) is 48.5 Å². The molecular weight excluding hydrogens is 436 g/mol. The lowest BCUT2D eigenvalue weighted by Gasteiger charge is -2.19. The zero-order chi connectivity index (χ0) is 23.7. The zero-order valence-electron chi connectivity index (χ0n) is 18.7.